The van der Waals surface area contributed by atoms with Crippen molar-refractivity contribution < 1.29 is 19.4 Å². The highest BCUT2D eigenvalue weighted by atomic mass is 35.5. The molecule has 0 radical (unpaired) electrons. The van der Waals surface area contributed by atoms with Crippen molar-refractivity contribution in [1.29, 1.82) is 0 Å². The van der Waals surface area contributed by atoms with E-state index in [9.17, 15) is 9.59 Å². The Morgan fingerprint density at radius 3 is 2.74 bits per heavy atom. The van der Waals surface area contributed by atoms with Gasteiger partial charge < -0.3 is 14.7 Å². The van der Waals surface area contributed by atoms with Gasteiger partial charge in [-0.3, -0.25) is 9.59 Å². The van der Waals surface area contributed by atoms with Gasteiger partial charge in [-0.25, -0.2) is 0 Å². The van der Waals surface area contributed by atoms with E-state index < -0.39 is 18.4 Å². The first-order chi connectivity index (χ1) is 8.99. The quantitative estimate of drug-likeness (QED) is 0.831. The molecule has 6 heteroatoms. The van der Waals surface area contributed by atoms with Crippen LogP contribution in [0.5, 0.6) is 5.75 Å². The second-order valence-corrected chi connectivity index (χ2v) is 4.04. The van der Waals surface area contributed by atoms with Gasteiger partial charge in [-0.1, -0.05) is 17.5 Å². The van der Waals surface area contributed by atoms with E-state index >= 15 is 0 Å². The summed E-state index contributed by atoms with van der Waals surface area (Å²) < 4.78 is 5.05. The van der Waals surface area contributed by atoms with E-state index in [1.54, 1.807) is 6.07 Å². The number of benzene rings is 1. The second kappa shape index (κ2) is 6.66. The average Bonchev–Trinajstić information content (AvgIpc) is 2.37. The molecule has 19 heavy (non-hydrogen) atoms. The third kappa shape index (κ3) is 3.90. The lowest BCUT2D eigenvalue weighted by Gasteiger charge is -2.19. The van der Waals surface area contributed by atoms with Crippen molar-refractivity contribution in [3.8, 4) is 18.1 Å². The first-order valence-electron chi connectivity index (χ1n) is 5.27. The summed E-state index contributed by atoms with van der Waals surface area (Å²) in [5, 5.41) is 9.11. The van der Waals surface area contributed by atoms with Gasteiger partial charge in [0.05, 0.1) is 19.2 Å². The van der Waals surface area contributed by atoms with E-state index in [0.29, 0.717) is 10.8 Å². The monoisotopic (exact) mass is 281 g/mol. The predicted octanol–water partition coefficient (Wildman–Crippen LogP) is 1.51. The third-order valence-corrected chi connectivity index (χ3v) is 2.52. The molecule has 0 bridgehead atoms. The zero-order valence-electron chi connectivity index (χ0n) is 10.2. The number of carboxylic acid groups (broad SMARTS) is 1. The number of terminal acetylenes is 1. The Bertz CT molecular complexity index is 536. The smallest absolute Gasteiger partial charge is 0.323 e. The standard InChI is InChI=1S/C13H12ClNO4/c1-3-6-15(8-12(16)17)13(18)10-7-9(14)4-5-11(10)19-2/h1,4-5,7H,6,8H2,2H3,(H,16,17). The summed E-state index contributed by atoms with van der Waals surface area (Å²) in [5.74, 6) is 0.861. The molecule has 0 heterocycles. The van der Waals surface area contributed by atoms with Crippen molar-refractivity contribution in [2.24, 2.45) is 0 Å². The summed E-state index contributed by atoms with van der Waals surface area (Å²) >= 11 is 5.82. The molecule has 0 saturated heterocycles. The zero-order valence-corrected chi connectivity index (χ0v) is 11.0. The van der Waals surface area contributed by atoms with Crippen LogP contribution < -0.4 is 4.74 Å². The Morgan fingerprint density at radius 2 is 2.21 bits per heavy atom. The molecule has 0 spiro atoms. The normalized spacial score (nSPS) is 9.53. The Morgan fingerprint density at radius 1 is 1.53 bits per heavy atom. The number of halogens is 1. The zero-order chi connectivity index (χ0) is 14.4. The lowest BCUT2D eigenvalue weighted by molar-refractivity contribution is -0.137. The van der Waals surface area contributed by atoms with Gasteiger partial charge in [0.2, 0.25) is 0 Å². The van der Waals surface area contributed by atoms with E-state index in [0.717, 1.165) is 4.90 Å². The number of rotatable bonds is 5. The first kappa shape index (κ1) is 14.9. The molecule has 0 fully saturated rings. The third-order valence-electron chi connectivity index (χ3n) is 2.29. The Kier molecular flexibility index (Phi) is 5.22. The highest BCUT2D eigenvalue weighted by Crippen LogP contribution is 2.24. The molecular weight excluding hydrogens is 270 g/mol. The molecule has 0 atom stereocenters. The molecule has 0 unspecified atom stereocenters. The molecule has 5 nitrogen and oxygen atoms in total. The maximum absolute atomic E-state index is 12.2. The lowest BCUT2D eigenvalue weighted by Crippen LogP contribution is -2.36. The van der Waals surface area contributed by atoms with Crippen molar-refractivity contribution in [1.82, 2.24) is 4.90 Å². The summed E-state index contributed by atoms with van der Waals surface area (Å²) in [6.45, 7) is -0.598. The molecule has 1 rings (SSSR count). The summed E-state index contributed by atoms with van der Waals surface area (Å²) in [5.41, 5.74) is 0.173. The van der Waals surface area contributed by atoms with Crippen LogP contribution in [0.1, 0.15) is 10.4 Å². The molecule has 1 aromatic rings. The summed E-state index contributed by atoms with van der Waals surface area (Å²) in [6, 6.07) is 4.51. The van der Waals surface area contributed by atoms with E-state index in [-0.39, 0.29) is 12.1 Å². The second-order valence-electron chi connectivity index (χ2n) is 3.60. The molecule has 100 valence electrons. The minimum absolute atomic E-state index is 0.110. The van der Waals surface area contributed by atoms with E-state index in [1.165, 1.54) is 19.2 Å². The summed E-state index contributed by atoms with van der Waals surface area (Å²) in [7, 11) is 1.41. The van der Waals surface area contributed by atoms with Crippen LogP contribution in [-0.4, -0.2) is 42.1 Å². The van der Waals surface area contributed by atoms with Crippen LogP contribution in [0.25, 0.3) is 0 Å². The minimum atomic E-state index is -1.15. The van der Waals surface area contributed by atoms with Gasteiger partial charge in [0.25, 0.3) is 5.91 Å². The molecule has 1 aromatic carbocycles. The summed E-state index contributed by atoms with van der Waals surface area (Å²) in [6.07, 6.45) is 5.13. The van der Waals surface area contributed by atoms with Crippen LogP contribution in [0.2, 0.25) is 5.02 Å². The number of methoxy groups -OCH3 is 1. The number of hydrogen-bond acceptors (Lipinski definition) is 3. The fourth-order valence-corrected chi connectivity index (χ4v) is 1.66. The van der Waals surface area contributed by atoms with Crippen molar-refractivity contribution in [2.45, 2.75) is 0 Å². The van der Waals surface area contributed by atoms with Crippen LogP contribution >= 0.6 is 11.6 Å². The van der Waals surface area contributed by atoms with Gasteiger partial charge in [0, 0.05) is 5.02 Å². The molecule has 0 aliphatic rings. The van der Waals surface area contributed by atoms with Crippen LogP contribution in [0.4, 0.5) is 0 Å². The number of nitrogens with zero attached hydrogens (tertiary/aromatic N) is 1. The van der Waals surface area contributed by atoms with E-state index in [2.05, 4.69) is 5.92 Å². The van der Waals surface area contributed by atoms with Gasteiger partial charge in [0.1, 0.15) is 12.3 Å². The van der Waals surface area contributed by atoms with Gasteiger partial charge in [0.15, 0.2) is 0 Å². The fraction of sp³-hybridized carbons (Fsp3) is 0.231. The molecule has 1 N–H and O–H groups in total. The molecule has 0 saturated carbocycles. The minimum Gasteiger partial charge on any atom is -0.496 e. The van der Waals surface area contributed by atoms with Crippen molar-refractivity contribution in [3.63, 3.8) is 0 Å². The van der Waals surface area contributed by atoms with Gasteiger partial charge in [-0.15, -0.1) is 6.42 Å². The maximum Gasteiger partial charge on any atom is 0.323 e. The van der Waals surface area contributed by atoms with E-state index in [4.69, 9.17) is 27.9 Å². The number of carbonyl (C=O) groups is 2. The molecular formula is C13H12ClNO4. The van der Waals surface area contributed by atoms with Crippen LogP contribution in [-0.2, 0) is 4.79 Å². The topological polar surface area (TPSA) is 66.8 Å². The molecule has 0 aliphatic carbocycles. The molecule has 0 aliphatic heterocycles. The maximum atomic E-state index is 12.2. The van der Waals surface area contributed by atoms with E-state index in [1.807, 2.05) is 0 Å². The predicted molar refractivity (Wildman–Crippen MR) is 70.4 cm³/mol. The Labute approximate surface area is 115 Å². The van der Waals surface area contributed by atoms with Crippen LogP contribution in [0.15, 0.2) is 18.2 Å². The number of ether oxygens (including phenoxy) is 1. The number of carboxylic acids is 1. The number of carbonyl (C=O) groups excluding carboxylic acids is 1. The van der Waals surface area contributed by atoms with Crippen molar-refractivity contribution >= 4 is 23.5 Å². The average molecular weight is 282 g/mol. The molecule has 0 aromatic heterocycles. The molecule has 1 amide bonds. The van der Waals surface area contributed by atoms with Crippen LogP contribution in [0.3, 0.4) is 0 Å². The lowest BCUT2D eigenvalue weighted by atomic mass is 10.1. The van der Waals surface area contributed by atoms with Gasteiger partial charge in [-0.05, 0) is 18.2 Å². The largest absolute Gasteiger partial charge is 0.496 e. The fourth-order valence-electron chi connectivity index (χ4n) is 1.49. The van der Waals surface area contributed by atoms with Crippen molar-refractivity contribution in [3.05, 3.63) is 28.8 Å². The summed E-state index contributed by atoms with van der Waals surface area (Å²) in [4.78, 5) is 24.0. The Balaban J connectivity index is 3.12. The number of aliphatic carboxylic acids is 1. The number of hydrogen-bond donors (Lipinski definition) is 1. The highest BCUT2D eigenvalue weighted by molar-refractivity contribution is 6.31. The van der Waals surface area contributed by atoms with Gasteiger partial charge in [-0.2, -0.15) is 0 Å². The van der Waals surface area contributed by atoms with Crippen LogP contribution in [0, 0.1) is 12.3 Å². The van der Waals surface area contributed by atoms with Gasteiger partial charge >= 0.3 is 5.97 Å². The van der Waals surface area contributed by atoms with Crippen molar-refractivity contribution in [2.75, 3.05) is 20.2 Å². The first-order valence-corrected chi connectivity index (χ1v) is 5.65. The highest BCUT2D eigenvalue weighted by Gasteiger charge is 2.21. The Hall–Kier alpha value is -2.19. The SMILES string of the molecule is C#CCN(CC(=O)O)C(=O)c1cc(Cl)ccc1OC. The number of amides is 1.